The van der Waals surface area contributed by atoms with Gasteiger partial charge < -0.3 is 4.74 Å². The molecule has 24 heavy (non-hydrogen) atoms. The molecular formula is C19H20N2O2S. The molecule has 3 rings (SSSR count). The van der Waals surface area contributed by atoms with Crippen LogP contribution in [0.3, 0.4) is 0 Å². The van der Waals surface area contributed by atoms with Crippen LogP contribution in [0.1, 0.15) is 30.9 Å². The molecule has 0 aliphatic carbocycles. The van der Waals surface area contributed by atoms with E-state index in [2.05, 4.69) is 30.2 Å². The lowest BCUT2D eigenvalue weighted by Crippen LogP contribution is -2.20. The zero-order valence-electron chi connectivity index (χ0n) is 14.0. The van der Waals surface area contributed by atoms with Crippen molar-refractivity contribution in [2.75, 3.05) is 11.9 Å². The lowest BCUT2D eigenvalue weighted by Gasteiger charge is -2.08. The van der Waals surface area contributed by atoms with Crippen molar-refractivity contribution < 1.29 is 9.53 Å². The van der Waals surface area contributed by atoms with E-state index in [9.17, 15) is 4.79 Å². The SMILES string of the molecule is Cc1ccc2nc(NC(=O)COc3ccc(C(C)C)cc3)sc2c1. The molecular weight excluding hydrogens is 320 g/mol. The Morgan fingerprint density at radius 3 is 2.67 bits per heavy atom. The maximum Gasteiger partial charge on any atom is 0.264 e. The molecule has 0 atom stereocenters. The van der Waals surface area contributed by atoms with Gasteiger partial charge >= 0.3 is 0 Å². The molecule has 1 N–H and O–H groups in total. The molecule has 0 bridgehead atoms. The number of amides is 1. The van der Waals surface area contributed by atoms with Crippen LogP contribution in [-0.2, 0) is 4.79 Å². The number of anilines is 1. The second-order valence-corrected chi connectivity index (χ2v) is 7.08. The molecule has 0 saturated heterocycles. The molecule has 0 fully saturated rings. The third-order valence-corrected chi connectivity index (χ3v) is 4.64. The quantitative estimate of drug-likeness (QED) is 0.729. The number of carbonyl (C=O) groups excluding carboxylic acids is 1. The van der Waals surface area contributed by atoms with E-state index in [0.717, 1.165) is 10.2 Å². The summed E-state index contributed by atoms with van der Waals surface area (Å²) in [4.78, 5) is 16.4. The summed E-state index contributed by atoms with van der Waals surface area (Å²) in [6, 6.07) is 13.9. The first-order valence-corrected chi connectivity index (χ1v) is 8.73. The lowest BCUT2D eigenvalue weighted by molar-refractivity contribution is -0.118. The summed E-state index contributed by atoms with van der Waals surface area (Å²) in [5, 5.41) is 3.39. The maximum absolute atomic E-state index is 12.0. The number of hydrogen-bond donors (Lipinski definition) is 1. The molecule has 4 nitrogen and oxygen atoms in total. The van der Waals surface area contributed by atoms with Gasteiger partial charge in [0, 0.05) is 0 Å². The standard InChI is InChI=1S/C19H20N2O2S/c1-12(2)14-5-7-15(8-6-14)23-11-18(22)21-19-20-16-9-4-13(3)10-17(16)24-19/h4-10,12H,11H2,1-3H3,(H,20,21,22). The third-order valence-electron chi connectivity index (χ3n) is 3.71. The predicted octanol–water partition coefficient (Wildman–Crippen LogP) is 4.75. The fourth-order valence-corrected chi connectivity index (χ4v) is 3.32. The van der Waals surface area contributed by atoms with Crippen LogP contribution in [0.25, 0.3) is 10.2 Å². The van der Waals surface area contributed by atoms with Crippen molar-refractivity contribution in [3.63, 3.8) is 0 Å². The zero-order valence-corrected chi connectivity index (χ0v) is 14.8. The summed E-state index contributed by atoms with van der Waals surface area (Å²) >= 11 is 1.47. The number of ether oxygens (including phenoxy) is 1. The molecule has 1 aromatic heterocycles. The first kappa shape index (κ1) is 16.5. The predicted molar refractivity (Wildman–Crippen MR) is 99.0 cm³/mol. The first-order chi connectivity index (χ1) is 11.5. The topological polar surface area (TPSA) is 51.2 Å². The Bertz CT molecular complexity index is 853. The second kappa shape index (κ2) is 7.01. The molecule has 2 aromatic carbocycles. The summed E-state index contributed by atoms with van der Waals surface area (Å²) in [6.07, 6.45) is 0. The summed E-state index contributed by atoms with van der Waals surface area (Å²) in [7, 11) is 0. The number of benzene rings is 2. The van der Waals surface area contributed by atoms with Crippen molar-refractivity contribution in [3.05, 3.63) is 53.6 Å². The summed E-state index contributed by atoms with van der Waals surface area (Å²) < 4.78 is 6.60. The highest BCUT2D eigenvalue weighted by atomic mass is 32.1. The lowest BCUT2D eigenvalue weighted by atomic mass is 10.0. The number of thiazole rings is 1. The van der Waals surface area contributed by atoms with Gasteiger partial charge in [0.25, 0.3) is 5.91 Å². The normalized spacial score (nSPS) is 11.0. The number of nitrogens with zero attached hydrogens (tertiary/aromatic N) is 1. The molecule has 3 aromatic rings. The van der Waals surface area contributed by atoms with E-state index >= 15 is 0 Å². The summed E-state index contributed by atoms with van der Waals surface area (Å²) in [5.74, 6) is 0.957. The van der Waals surface area contributed by atoms with Crippen LogP contribution in [-0.4, -0.2) is 17.5 Å². The zero-order chi connectivity index (χ0) is 17.1. The summed E-state index contributed by atoms with van der Waals surface area (Å²) in [6.45, 7) is 6.29. The van der Waals surface area contributed by atoms with Gasteiger partial charge in [-0.1, -0.05) is 43.4 Å². The van der Waals surface area contributed by atoms with E-state index in [-0.39, 0.29) is 12.5 Å². The van der Waals surface area contributed by atoms with E-state index < -0.39 is 0 Å². The molecule has 0 aliphatic heterocycles. The molecule has 0 saturated carbocycles. The third kappa shape index (κ3) is 3.92. The Kier molecular flexibility index (Phi) is 4.81. The molecule has 5 heteroatoms. The van der Waals surface area contributed by atoms with E-state index in [1.54, 1.807) is 0 Å². The van der Waals surface area contributed by atoms with Crippen molar-refractivity contribution in [2.45, 2.75) is 26.7 Å². The Morgan fingerprint density at radius 1 is 1.21 bits per heavy atom. The Morgan fingerprint density at radius 2 is 1.96 bits per heavy atom. The van der Waals surface area contributed by atoms with Crippen molar-refractivity contribution in [1.82, 2.24) is 4.98 Å². The number of hydrogen-bond acceptors (Lipinski definition) is 4. The van der Waals surface area contributed by atoms with Gasteiger partial charge in [0.2, 0.25) is 0 Å². The van der Waals surface area contributed by atoms with E-state index in [0.29, 0.717) is 16.8 Å². The van der Waals surface area contributed by atoms with Crippen molar-refractivity contribution in [1.29, 1.82) is 0 Å². The van der Waals surface area contributed by atoms with Gasteiger partial charge in [-0.15, -0.1) is 0 Å². The molecule has 0 radical (unpaired) electrons. The average Bonchev–Trinajstić information content (AvgIpc) is 2.94. The fraction of sp³-hybridized carbons (Fsp3) is 0.263. The highest BCUT2D eigenvalue weighted by Gasteiger charge is 2.09. The van der Waals surface area contributed by atoms with Crippen LogP contribution in [0.2, 0.25) is 0 Å². The molecule has 1 heterocycles. The van der Waals surface area contributed by atoms with E-state index in [1.807, 2.05) is 43.3 Å². The molecule has 124 valence electrons. The van der Waals surface area contributed by atoms with Crippen LogP contribution in [0.4, 0.5) is 5.13 Å². The van der Waals surface area contributed by atoms with Crippen LogP contribution >= 0.6 is 11.3 Å². The summed E-state index contributed by atoms with van der Waals surface area (Å²) in [5.41, 5.74) is 3.32. The number of rotatable bonds is 5. The number of carbonyl (C=O) groups is 1. The minimum atomic E-state index is -0.210. The Hall–Kier alpha value is -2.40. The monoisotopic (exact) mass is 340 g/mol. The van der Waals surface area contributed by atoms with Gasteiger partial charge in [0.05, 0.1) is 10.2 Å². The van der Waals surface area contributed by atoms with Gasteiger partial charge in [-0.25, -0.2) is 4.98 Å². The van der Waals surface area contributed by atoms with Crippen molar-refractivity contribution in [3.8, 4) is 5.75 Å². The molecule has 1 amide bonds. The highest BCUT2D eigenvalue weighted by Crippen LogP contribution is 2.26. The van der Waals surface area contributed by atoms with E-state index in [1.165, 1.54) is 22.5 Å². The van der Waals surface area contributed by atoms with Crippen LogP contribution in [0.5, 0.6) is 5.75 Å². The number of aryl methyl sites for hydroxylation is 1. The highest BCUT2D eigenvalue weighted by molar-refractivity contribution is 7.22. The maximum atomic E-state index is 12.0. The van der Waals surface area contributed by atoms with Gasteiger partial charge in [-0.2, -0.15) is 0 Å². The van der Waals surface area contributed by atoms with Crippen LogP contribution in [0.15, 0.2) is 42.5 Å². The van der Waals surface area contributed by atoms with Crippen LogP contribution in [0, 0.1) is 6.92 Å². The van der Waals surface area contributed by atoms with Gasteiger partial charge in [-0.05, 0) is 48.2 Å². The van der Waals surface area contributed by atoms with Crippen molar-refractivity contribution in [2.24, 2.45) is 0 Å². The largest absolute Gasteiger partial charge is 0.484 e. The Labute approximate surface area is 145 Å². The number of fused-ring (bicyclic) bond motifs is 1. The minimum absolute atomic E-state index is 0.0318. The van der Waals surface area contributed by atoms with Gasteiger partial charge in [0.1, 0.15) is 5.75 Å². The minimum Gasteiger partial charge on any atom is -0.484 e. The number of aromatic nitrogens is 1. The fourth-order valence-electron chi connectivity index (χ4n) is 2.34. The molecule has 0 unspecified atom stereocenters. The number of nitrogens with one attached hydrogen (secondary N) is 1. The second-order valence-electron chi connectivity index (χ2n) is 6.05. The average molecular weight is 340 g/mol. The molecule has 0 spiro atoms. The van der Waals surface area contributed by atoms with Crippen LogP contribution < -0.4 is 10.1 Å². The van der Waals surface area contributed by atoms with E-state index in [4.69, 9.17) is 4.74 Å². The van der Waals surface area contributed by atoms with Gasteiger partial charge in [-0.3, -0.25) is 10.1 Å². The first-order valence-electron chi connectivity index (χ1n) is 7.91. The van der Waals surface area contributed by atoms with Gasteiger partial charge in [0.15, 0.2) is 11.7 Å². The Balaban J connectivity index is 1.58. The van der Waals surface area contributed by atoms with Crippen molar-refractivity contribution >= 4 is 32.6 Å². The molecule has 0 aliphatic rings. The smallest absolute Gasteiger partial charge is 0.264 e.